The van der Waals surface area contributed by atoms with Crippen molar-refractivity contribution in [2.45, 2.75) is 77.9 Å². The number of carboxylic acids is 1. The standard InChI is InChI=1S/C20H39N5O5/c1-5-13(4)17(25-16(26)11-22)19(28)24-15(10-12(2)3)18(27)23-14(20(29)30)8-6-7-9-21/h12-15,17H,5-11,21-22H2,1-4H3,(H,23,27)(H,24,28)(H,25,26)(H,29,30). The third-order valence-corrected chi connectivity index (χ3v) is 4.90. The van der Waals surface area contributed by atoms with Crippen molar-refractivity contribution in [1.29, 1.82) is 0 Å². The van der Waals surface area contributed by atoms with Crippen molar-refractivity contribution >= 4 is 23.7 Å². The number of amides is 3. The van der Waals surface area contributed by atoms with Gasteiger partial charge in [-0.1, -0.05) is 34.1 Å². The summed E-state index contributed by atoms with van der Waals surface area (Å²) in [6.07, 6.45) is 2.43. The molecule has 0 aliphatic rings. The highest BCUT2D eigenvalue weighted by Gasteiger charge is 2.31. The molecule has 0 aromatic rings. The molecule has 0 radical (unpaired) electrons. The lowest BCUT2D eigenvalue weighted by atomic mass is 9.96. The number of nitrogens with one attached hydrogen (secondary N) is 3. The van der Waals surface area contributed by atoms with Crippen LogP contribution in [0.2, 0.25) is 0 Å². The van der Waals surface area contributed by atoms with Crippen molar-refractivity contribution in [1.82, 2.24) is 16.0 Å². The van der Waals surface area contributed by atoms with Crippen LogP contribution in [0.25, 0.3) is 0 Å². The molecule has 0 fully saturated rings. The summed E-state index contributed by atoms with van der Waals surface area (Å²) in [5.74, 6) is -2.77. The Hall–Kier alpha value is -2.20. The van der Waals surface area contributed by atoms with Gasteiger partial charge in [0.15, 0.2) is 0 Å². The fourth-order valence-electron chi connectivity index (χ4n) is 2.92. The lowest BCUT2D eigenvalue weighted by Gasteiger charge is -2.27. The highest BCUT2D eigenvalue weighted by atomic mass is 16.4. The first kappa shape index (κ1) is 27.8. The Kier molecular flexibility index (Phi) is 13.7. The molecule has 30 heavy (non-hydrogen) atoms. The number of carboxylic acid groups (broad SMARTS) is 1. The summed E-state index contributed by atoms with van der Waals surface area (Å²) >= 11 is 0. The summed E-state index contributed by atoms with van der Waals surface area (Å²) in [6.45, 7) is 7.68. The zero-order chi connectivity index (χ0) is 23.3. The van der Waals surface area contributed by atoms with E-state index in [1.54, 1.807) is 0 Å². The first-order valence-corrected chi connectivity index (χ1v) is 10.6. The zero-order valence-electron chi connectivity index (χ0n) is 18.6. The van der Waals surface area contributed by atoms with Crippen LogP contribution in [0.15, 0.2) is 0 Å². The molecule has 174 valence electrons. The Balaban J connectivity index is 5.34. The largest absolute Gasteiger partial charge is 0.480 e. The summed E-state index contributed by atoms with van der Waals surface area (Å²) in [4.78, 5) is 48.8. The zero-order valence-corrected chi connectivity index (χ0v) is 18.6. The van der Waals surface area contributed by atoms with Crippen molar-refractivity contribution in [3.8, 4) is 0 Å². The SMILES string of the molecule is CCC(C)C(NC(=O)CN)C(=O)NC(CC(C)C)C(=O)NC(CCCCN)C(=O)O. The maximum Gasteiger partial charge on any atom is 0.326 e. The molecule has 0 heterocycles. The Morgan fingerprint density at radius 2 is 1.50 bits per heavy atom. The van der Waals surface area contributed by atoms with Gasteiger partial charge in [0.2, 0.25) is 17.7 Å². The Morgan fingerprint density at radius 1 is 0.900 bits per heavy atom. The van der Waals surface area contributed by atoms with Crippen LogP contribution in [-0.2, 0) is 19.2 Å². The van der Waals surface area contributed by atoms with Crippen molar-refractivity contribution < 1.29 is 24.3 Å². The average molecular weight is 430 g/mol. The predicted molar refractivity (Wildman–Crippen MR) is 114 cm³/mol. The van der Waals surface area contributed by atoms with Gasteiger partial charge in [0.1, 0.15) is 18.1 Å². The molecule has 10 nitrogen and oxygen atoms in total. The van der Waals surface area contributed by atoms with Crippen LogP contribution in [0.5, 0.6) is 0 Å². The first-order chi connectivity index (χ1) is 14.1. The van der Waals surface area contributed by atoms with Crippen LogP contribution in [0.4, 0.5) is 0 Å². The molecular weight excluding hydrogens is 390 g/mol. The van der Waals surface area contributed by atoms with E-state index >= 15 is 0 Å². The van der Waals surface area contributed by atoms with E-state index < -0.39 is 41.8 Å². The number of hydrogen-bond acceptors (Lipinski definition) is 6. The van der Waals surface area contributed by atoms with Crippen molar-refractivity contribution in [3.05, 3.63) is 0 Å². The van der Waals surface area contributed by atoms with E-state index in [2.05, 4.69) is 16.0 Å². The van der Waals surface area contributed by atoms with Crippen molar-refractivity contribution in [3.63, 3.8) is 0 Å². The van der Waals surface area contributed by atoms with E-state index in [4.69, 9.17) is 11.5 Å². The van der Waals surface area contributed by atoms with Crippen LogP contribution >= 0.6 is 0 Å². The first-order valence-electron chi connectivity index (χ1n) is 10.6. The number of rotatable bonds is 15. The number of unbranched alkanes of at least 4 members (excludes halogenated alkanes) is 1. The topological polar surface area (TPSA) is 177 Å². The van der Waals surface area contributed by atoms with Crippen LogP contribution in [-0.4, -0.2) is 60.0 Å². The molecule has 0 spiro atoms. The van der Waals surface area contributed by atoms with Gasteiger partial charge >= 0.3 is 5.97 Å². The van der Waals surface area contributed by atoms with Crippen LogP contribution in [0.1, 0.15) is 59.8 Å². The van der Waals surface area contributed by atoms with Gasteiger partial charge in [-0.2, -0.15) is 0 Å². The second kappa shape index (κ2) is 14.7. The molecular formula is C20H39N5O5. The molecule has 0 aromatic carbocycles. The minimum atomic E-state index is -1.14. The van der Waals surface area contributed by atoms with Crippen LogP contribution < -0.4 is 27.4 Å². The second-order valence-electron chi connectivity index (χ2n) is 8.01. The molecule has 0 bridgehead atoms. The molecule has 0 rings (SSSR count). The van der Waals surface area contributed by atoms with Gasteiger partial charge in [-0.15, -0.1) is 0 Å². The lowest BCUT2D eigenvalue weighted by molar-refractivity contribution is -0.142. The van der Waals surface area contributed by atoms with E-state index in [-0.39, 0.29) is 24.8 Å². The molecule has 3 amide bonds. The second-order valence-corrected chi connectivity index (χ2v) is 8.01. The summed E-state index contributed by atoms with van der Waals surface area (Å²) in [5.41, 5.74) is 10.8. The number of carbonyl (C=O) groups is 4. The third kappa shape index (κ3) is 10.5. The molecule has 4 unspecified atom stereocenters. The molecule has 0 saturated carbocycles. The Bertz CT molecular complexity index is 570. The van der Waals surface area contributed by atoms with Gasteiger partial charge in [0.25, 0.3) is 0 Å². The number of carbonyl (C=O) groups excluding carboxylic acids is 3. The number of nitrogens with two attached hydrogens (primary N) is 2. The van der Waals surface area contributed by atoms with Gasteiger partial charge in [0.05, 0.1) is 6.54 Å². The normalized spacial score (nSPS) is 15.0. The van der Waals surface area contributed by atoms with E-state index in [0.29, 0.717) is 32.2 Å². The van der Waals surface area contributed by atoms with Crippen molar-refractivity contribution in [2.24, 2.45) is 23.3 Å². The quantitative estimate of drug-likeness (QED) is 0.194. The summed E-state index contributed by atoms with van der Waals surface area (Å²) in [6, 6.07) is -2.82. The Morgan fingerprint density at radius 3 is 1.97 bits per heavy atom. The maximum absolute atomic E-state index is 12.8. The predicted octanol–water partition coefficient (Wildman–Crippen LogP) is -0.295. The van der Waals surface area contributed by atoms with Gasteiger partial charge in [0, 0.05) is 0 Å². The van der Waals surface area contributed by atoms with Crippen LogP contribution in [0.3, 0.4) is 0 Å². The number of aliphatic carboxylic acids is 1. The molecule has 0 aromatic heterocycles. The molecule has 0 aliphatic heterocycles. The monoisotopic (exact) mass is 429 g/mol. The minimum absolute atomic E-state index is 0.0715. The average Bonchev–Trinajstić information content (AvgIpc) is 2.69. The van der Waals surface area contributed by atoms with Gasteiger partial charge in [-0.25, -0.2) is 4.79 Å². The molecule has 0 aliphatic carbocycles. The summed E-state index contributed by atoms with van der Waals surface area (Å²) in [5, 5.41) is 17.2. The molecule has 8 N–H and O–H groups in total. The summed E-state index contributed by atoms with van der Waals surface area (Å²) in [7, 11) is 0. The summed E-state index contributed by atoms with van der Waals surface area (Å²) < 4.78 is 0. The lowest BCUT2D eigenvalue weighted by Crippen LogP contribution is -2.57. The maximum atomic E-state index is 12.8. The third-order valence-electron chi connectivity index (χ3n) is 4.90. The highest BCUT2D eigenvalue weighted by Crippen LogP contribution is 2.11. The molecule has 4 atom stereocenters. The molecule has 0 saturated heterocycles. The van der Waals surface area contributed by atoms with Gasteiger partial charge in [-0.3, -0.25) is 14.4 Å². The fourth-order valence-corrected chi connectivity index (χ4v) is 2.92. The van der Waals surface area contributed by atoms with E-state index in [0.717, 1.165) is 0 Å². The van der Waals surface area contributed by atoms with Gasteiger partial charge < -0.3 is 32.5 Å². The Labute approximate surface area is 178 Å². The van der Waals surface area contributed by atoms with Crippen molar-refractivity contribution in [2.75, 3.05) is 13.1 Å². The van der Waals surface area contributed by atoms with E-state index in [9.17, 15) is 24.3 Å². The fraction of sp³-hybridized carbons (Fsp3) is 0.800. The number of hydrogen-bond donors (Lipinski definition) is 6. The smallest absolute Gasteiger partial charge is 0.326 e. The van der Waals surface area contributed by atoms with Crippen LogP contribution in [0, 0.1) is 11.8 Å². The highest BCUT2D eigenvalue weighted by molar-refractivity contribution is 5.93. The molecule has 10 heteroatoms. The van der Waals surface area contributed by atoms with E-state index in [1.807, 2.05) is 27.7 Å². The van der Waals surface area contributed by atoms with Gasteiger partial charge in [-0.05, 0) is 44.1 Å². The minimum Gasteiger partial charge on any atom is -0.480 e. The van der Waals surface area contributed by atoms with E-state index in [1.165, 1.54) is 0 Å².